The van der Waals surface area contributed by atoms with Crippen LogP contribution in [0, 0.1) is 5.92 Å². The molecule has 2 heterocycles. The van der Waals surface area contributed by atoms with E-state index in [9.17, 15) is 9.00 Å². The molecule has 2 atom stereocenters. The molecule has 2 fully saturated rings. The van der Waals surface area contributed by atoms with E-state index in [0.29, 0.717) is 31.3 Å². The van der Waals surface area contributed by atoms with Gasteiger partial charge in [-0.1, -0.05) is 56.4 Å². The van der Waals surface area contributed by atoms with Gasteiger partial charge in [0.05, 0.1) is 22.7 Å². The minimum atomic E-state index is -1.11. The summed E-state index contributed by atoms with van der Waals surface area (Å²) in [6, 6.07) is 0.0643. The van der Waals surface area contributed by atoms with Gasteiger partial charge in [0.15, 0.2) is 0 Å². The molecule has 1 aliphatic carbocycles. The van der Waals surface area contributed by atoms with Gasteiger partial charge in [-0.05, 0) is 37.8 Å². The molecular weight excluding hydrogens is 432 g/mol. The Morgan fingerprint density at radius 1 is 1.29 bits per heavy atom. The number of hydrogen-bond acceptors (Lipinski definition) is 3. The van der Waals surface area contributed by atoms with E-state index in [4.69, 9.17) is 16.3 Å². The molecule has 0 spiro atoms. The van der Waals surface area contributed by atoms with Crippen LogP contribution in [0.4, 0.5) is 4.79 Å². The third-order valence-electron chi connectivity index (χ3n) is 5.48. The maximum absolute atomic E-state index is 12.8. The van der Waals surface area contributed by atoms with Crippen LogP contribution in [0.15, 0.2) is 59.4 Å². The third kappa shape index (κ3) is 6.67. The third-order valence-corrected chi connectivity index (χ3v) is 7.38. The highest BCUT2D eigenvalue weighted by molar-refractivity contribution is 7.82. The molecule has 1 amide bonds. The molecule has 172 valence electrons. The van der Waals surface area contributed by atoms with Crippen molar-refractivity contribution < 1.29 is 13.7 Å². The lowest BCUT2D eigenvalue weighted by Crippen LogP contribution is -2.51. The monoisotopic (exact) mass is 466 g/mol. The fourth-order valence-electron chi connectivity index (χ4n) is 3.96. The Balaban J connectivity index is 0.00000166. The van der Waals surface area contributed by atoms with Crippen molar-refractivity contribution in [2.24, 2.45) is 5.92 Å². The number of nitrogens with zero attached hydrogens (tertiary/aromatic N) is 2. The normalized spacial score (nSPS) is 23.9. The van der Waals surface area contributed by atoms with E-state index >= 15 is 0 Å². The van der Waals surface area contributed by atoms with Crippen molar-refractivity contribution in [3.05, 3.63) is 59.4 Å². The van der Waals surface area contributed by atoms with Crippen LogP contribution in [0.5, 0.6) is 0 Å². The van der Waals surface area contributed by atoms with Gasteiger partial charge < -0.3 is 4.74 Å². The first kappa shape index (κ1) is 25.6. The second-order valence-electron chi connectivity index (χ2n) is 7.48. The molecule has 31 heavy (non-hydrogen) atoms. The van der Waals surface area contributed by atoms with Gasteiger partial charge in [0.2, 0.25) is 0 Å². The summed E-state index contributed by atoms with van der Waals surface area (Å²) in [7, 11) is -1.11. The number of cyclic esters (lactones) is 1. The molecule has 0 aromatic rings. The van der Waals surface area contributed by atoms with Crippen LogP contribution in [0.25, 0.3) is 0 Å². The van der Waals surface area contributed by atoms with Crippen LogP contribution in [0.2, 0.25) is 0 Å². The van der Waals surface area contributed by atoms with Crippen molar-refractivity contribution >= 4 is 28.7 Å². The Kier molecular flexibility index (Phi) is 10.8. The number of hydrogen-bond donors (Lipinski definition) is 0. The number of fused-ring (bicyclic) bond motifs is 1. The van der Waals surface area contributed by atoms with Crippen molar-refractivity contribution in [3.63, 3.8) is 0 Å². The number of piperidine rings is 1. The largest absolute Gasteiger partial charge is 0.448 e. The van der Waals surface area contributed by atoms with E-state index in [1.807, 2.05) is 73.4 Å². The summed E-state index contributed by atoms with van der Waals surface area (Å²) in [6.07, 6.45) is 15.2. The summed E-state index contributed by atoms with van der Waals surface area (Å²) in [4.78, 5) is 14.5. The summed E-state index contributed by atoms with van der Waals surface area (Å²) in [6.45, 7) is 9.75. The number of allylic oxidation sites excluding steroid dienone is 7. The molecule has 0 saturated carbocycles. The Labute approximate surface area is 194 Å². The van der Waals surface area contributed by atoms with Crippen LogP contribution in [0.1, 0.15) is 40.5 Å². The average Bonchev–Trinajstić information content (AvgIpc) is 2.99. The van der Waals surface area contributed by atoms with Gasteiger partial charge in [0.25, 0.3) is 0 Å². The smallest absolute Gasteiger partial charge is 0.414 e. The first-order valence-electron chi connectivity index (χ1n) is 11.1. The summed E-state index contributed by atoms with van der Waals surface area (Å²) in [5, 5.41) is 0. The molecule has 2 saturated heterocycles. The van der Waals surface area contributed by atoms with Gasteiger partial charge in [-0.15, -0.1) is 11.6 Å². The molecular formula is C24H35ClN2O3S. The highest BCUT2D eigenvalue weighted by Gasteiger charge is 2.39. The number of carbonyl (C=O) groups excluding carboxylic acids is 1. The second kappa shape index (κ2) is 13.0. The molecule has 3 rings (SSSR count). The molecule has 7 heteroatoms. The molecule has 0 N–H and O–H groups in total. The standard InChI is InChI=1S/C22H29ClN2O3S.C2H6/c1-3-4-8-18(14-23)16-29(27)24-12-10-20(11-13-24)25-21-17(2)7-5-6-9-19(21)15-28-22(25)26;1-2/h3-9,19-20H,10-16H2,1-2H3;1-2H3/b4-3-,18-8+;. The van der Waals surface area contributed by atoms with Gasteiger partial charge in [-0.2, -0.15) is 0 Å². The zero-order chi connectivity index (χ0) is 22.8. The van der Waals surface area contributed by atoms with E-state index in [0.717, 1.165) is 29.7 Å². The molecule has 3 aliphatic rings. The van der Waals surface area contributed by atoms with Crippen molar-refractivity contribution in [1.29, 1.82) is 0 Å². The molecule has 2 unspecified atom stereocenters. The van der Waals surface area contributed by atoms with E-state index < -0.39 is 11.0 Å². The lowest BCUT2D eigenvalue weighted by atomic mass is 9.96. The second-order valence-corrected chi connectivity index (χ2v) is 9.19. The van der Waals surface area contributed by atoms with E-state index in [1.165, 1.54) is 0 Å². The van der Waals surface area contributed by atoms with Gasteiger partial charge in [0.1, 0.15) is 6.61 Å². The molecule has 0 aromatic carbocycles. The highest BCUT2D eigenvalue weighted by Crippen LogP contribution is 2.34. The molecule has 0 bridgehead atoms. The van der Waals surface area contributed by atoms with Crippen molar-refractivity contribution in [1.82, 2.24) is 9.21 Å². The minimum Gasteiger partial charge on any atom is -0.448 e. The number of alkyl halides is 1. The van der Waals surface area contributed by atoms with Gasteiger partial charge in [0, 0.05) is 30.7 Å². The van der Waals surface area contributed by atoms with Gasteiger partial charge in [-0.3, -0.25) is 4.90 Å². The van der Waals surface area contributed by atoms with Crippen LogP contribution in [-0.2, 0) is 15.7 Å². The Hall–Kier alpha value is -1.63. The first-order valence-corrected chi connectivity index (χ1v) is 12.9. The summed E-state index contributed by atoms with van der Waals surface area (Å²) in [5.41, 5.74) is 3.11. The van der Waals surface area contributed by atoms with Gasteiger partial charge in [-0.25, -0.2) is 13.3 Å². The molecule has 5 nitrogen and oxygen atoms in total. The Morgan fingerprint density at radius 3 is 2.65 bits per heavy atom. The van der Waals surface area contributed by atoms with Crippen molar-refractivity contribution in [3.8, 4) is 0 Å². The zero-order valence-corrected chi connectivity index (χ0v) is 20.6. The van der Waals surface area contributed by atoms with Crippen LogP contribution in [-0.4, -0.2) is 56.9 Å². The zero-order valence-electron chi connectivity index (χ0n) is 19.1. The predicted molar refractivity (Wildman–Crippen MR) is 130 cm³/mol. The number of carbonyl (C=O) groups is 1. The van der Waals surface area contributed by atoms with E-state index in [1.54, 1.807) is 0 Å². The van der Waals surface area contributed by atoms with Crippen molar-refractivity contribution in [2.45, 2.75) is 46.6 Å². The molecule has 2 aliphatic heterocycles. The topological polar surface area (TPSA) is 49.9 Å². The van der Waals surface area contributed by atoms with Gasteiger partial charge >= 0.3 is 6.09 Å². The lowest BCUT2D eigenvalue weighted by molar-refractivity contribution is 0.0524. The number of rotatable bonds is 6. The van der Waals surface area contributed by atoms with Crippen LogP contribution in [0.3, 0.4) is 0 Å². The summed E-state index contributed by atoms with van der Waals surface area (Å²) in [5.74, 6) is 0.923. The van der Waals surface area contributed by atoms with E-state index in [2.05, 4.69) is 6.08 Å². The number of halogens is 1. The first-order chi connectivity index (χ1) is 15.0. The minimum absolute atomic E-state index is 0.0643. The SMILES string of the molecule is C/C=C\C=C(/CCl)CS(=O)N1CCC(N2C(=O)OCC3C=CC=CC(C)=C32)CC1.CC. The average molecular weight is 467 g/mol. The fraction of sp³-hybridized carbons (Fsp3) is 0.542. The van der Waals surface area contributed by atoms with Crippen LogP contribution < -0.4 is 0 Å². The summed E-state index contributed by atoms with van der Waals surface area (Å²) >= 11 is 5.99. The number of amides is 1. The molecule has 0 radical (unpaired) electrons. The lowest BCUT2D eigenvalue weighted by Gasteiger charge is -2.42. The highest BCUT2D eigenvalue weighted by atomic mass is 35.5. The maximum atomic E-state index is 12.8. The quantitative estimate of drug-likeness (QED) is 0.391. The van der Waals surface area contributed by atoms with Crippen LogP contribution >= 0.6 is 11.6 Å². The predicted octanol–water partition coefficient (Wildman–Crippen LogP) is 5.35. The van der Waals surface area contributed by atoms with E-state index in [-0.39, 0.29) is 18.1 Å². The maximum Gasteiger partial charge on any atom is 0.414 e. The Morgan fingerprint density at radius 2 is 2.00 bits per heavy atom. The summed E-state index contributed by atoms with van der Waals surface area (Å²) < 4.78 is 20.2. The number of ether oxygens (including phenoxy) is 1. The van der Waals surface area contributed by atoms with Crippen molar-refractivity contribution in [2.75, 3.05) is 31.3 Å². The Bertz CT molecular complexity index is 793. The fourth-order valence-corrected chi connectivity index (χ4v) is 5.57. The molecule has 0 aromatic heterocycles.